The quantitative estimate of drug-likeness (QED) is 0.765. The summed E-state index contributed by atoms with van der Waals surface area (Å²) in [5, 5.41) is 0.184. The Morgan fingerprint density at radius 3 is 2.20 bits per heavy atom. The monoisotopic (exact) mass is 355 g/mol. The molecule has 1 heterocycles. The van der Waals surface area contributed by atoms with Crippen molar-refractivity contribution in [3.05, 3.63) is 66.2 Å². The molecule has 3 rings (SSSR count). The Kier molecular flexibility index (Phi) is 6.12. The Morgan fingerprint density at radius 2 is 1.56 bits per heavy atom. The zero-order valence-corrected chi connectivity index (χ0v) is 14.8. The topological polar surface area (TPSA) is 46.6 Å². The van der Waals surface area contributed by atoms with Gasteiger partial charge in [-0.15, -0.1) is 0 Å². The largest absolute Gasteiger partial charge is 0.445 e. The van der Waals surface area contributed by atoms with Gasteiger partial charge in [-0.05, 0) is 30.5 Å². The summed E-state index contributed by atoms with van der Waals surface area (Å²) in [5.41, 5.74) is 0.972. The lowest BCUT2D eigenvalue weighted by molar-refractivity contribution is -0.115. The molecule has 130 valence electrons. The number of nitrogens with zero attached hydrogens (tertiary/aromatic N) is 1. The molecule has 0 saturated carbocycles. The Bertz CT molecular complexity index is 697. The number of rotatable bonds is 4. The van der Waals surface area contributed by atoms with Crippen molar-refractivity contribution >= 4 is 23.0 Å². The van der Waals surface area contributed by atoms with E-state index in [1.54, 1.807) is 4.90 Å². The van der Waals surface area contributed by atoms with Crippen LogP contribution in [-0.2, 0) is 16.1 Å². The van der Waals surface area contributed by atoms with Crippen LogP contribution in [0.2, 0.25) is 0 Å². The molecule has 0 aliphatic carbocycles. The molecule has 1 amide bonds. The first kappa shape index (κ1) is 17.5. The van der Waals surface area contributed by atoms with Crippen LogP contribution >= 0.6 is 11.8 Å². The third-order valence-electron chi connectivity index (χ3n) is 4.25. The molecule has 4 nitrogen and oxygen atoms in total. The summed E-state index contributed by atoms with van der Waals surface area (Å²) in [6, 6.07) is 19.3. The Balaban J connectivity index is 1.43. The fourth-order valence-electron chi connectivity index (χ4n) is 2.80. The maximum absolute atomic E-state index is 12.4. The molecule has 2 aromatic rings. The highest BCUT2D eigenvalue weighted by atomic mass is 32.2. The van der Waals surface area contributed by atoms with E-state index < -0.39 is 0 Å². The lowest BCUT2D eigenvalue weighted by Gasteiger charge is -2.30. The Morgan fingerprint density at radius 1 is 0.960 bits per heavy atom. The van der Waals surface area contributed by atoms with Gasteiger partial charge < -0.3 is 9.64 Å². The highest BCUT2D eigenvalue weighted by Gasteiger charge is 2.28. The number of piperidine rings is 1. The van der Waals surface area contributed by atoms with Crippen LogP contribution in [0.1, 0.15) is 18.4 Å². The fourth-order valence-corrected chi connectivity index (χ4v) is 3.72. The van der Waals surface area contributed by atoms with Crippen molar-refractivity contribution in [3.63, 3.8) is 0 Å². The molecule has 1 aliphatic heterocycles. The number of hydrogen-bond donors (Lipinski definition) is 0. The number of thioether (sulfide) groups is 1. The summed E-state index contributed by atoms with van der Waals surface area (Å²) < 4.78 is 5.36. The van der Waals surface area contributed by atoms with Crippen molar-refractivity contribution in [3.8, 4) is 0 Å². The van der Waals surface area contributed by atoms with E-state index in [0.717, 1.165) is 10.5 Å². The zero-order valence-electron chi connectivity index (χ0n) is 14.0. The molecular formula is C20H21NO3S. The average Bonchev–Trinajstić information content (AvgIpc) is 2.68. The van der Waals surface area contributed by atoms with E-state index in [1.165, 1.54) is 11.8 Å². The summed E-state index contributed by atoms with van der Waals surface area (Å²) in [7, 11) is 0. The SMILES string of the molecule is O=C(Sc1ccccc1)C1CCN(C(=O)OCc2ccccc2)CC1. The molecule has 2 aromatic carbocycles. The second-order valence-electron chi connectivity index (χ2n) is 6.04. The summed E-state index contributed by atoms with van der Waals surface area (Å²) in [6.07, 6.45) is 1.09. The number of hydrogen-bond acceptors (Lipinski definition) is 4. The van der Waals surface area contributed by atoms with Crippen LogP contribution in [0.15, 0.2) is 65.6 Å². The minimum Gasteiger partial charge on any atom is -0.445 e. The molecule has 0 radical (unpaired) electrons. The van der Waals surface area contributed by atoms with E-state index >= 15 is 0 Å². The lowest BCUT2D eigenvalue weighted by atomic mass is 9.99. The van der Waals surface area contributed by atoms with Crippen molar-refractivity contribution in [1.82, 2.24) is 4.90 Å². The first-order valence-corrected chi connectivity index (χ1v) is 9.26. The predicted octanol–water partition coefficient (Wildman–Crippen LogP) is 4.35. The molecule has 5 heteroatoms. The average molecular weight is 355 g/mol. The van der Waals surface area contributed by atoms with E-state index in [9.17, 15) is 9.59 Å². The zero-order chi connectivity index (χ0) is 17.5. The first-order chi connectivity index (χ1) is 12.2. The van der Waals surface area contributed by atoms with Crippen molar-refractivity contribution in [1.29, 1.82) is 0 Å². The Labute approximate surface area is 152 Å². The summed E-state index contributed by atoms with van der Waals surface area (Å²) in [4.78, 5) is 27.2. The maximum Gasteiger partial charge on any atom is 0.410 e. The molecule has 0 N–H and O–H groups in total. The second kappa shape index (κ2) is 8.72. The van der Waals surface area contributed by atoms with Crippen molar-refractivity contribution in [2.75, 3.05) is 13.1 Å². The highest BCUT2D eigenvalue weighted by Crippen LogP contribution is 2.28. The van der Waals surface area contributed by atoms with Gasteiger partial charge in [0.1, 0.15) is 6.61 Å². The van der Waals surface area contributed by atoms with Gasteiger partial charge >= 0.3 is 6.09 Å². The predicted molar refractivity (Wildman–Crippen MR) is 98.2 cm³/mol. The van der Waals surface area contributed by atoms with Crippen LogP contribution in [0.3, 0.4) is 0 Å². The number of ether oxygens (including phenoxy) is 1. The van der Waals surface area contributed by atoms with Gasteiger partial charge in [0.05, 0.1) is 0 Å². The van der Waals surface area contributed by atoms with Crippen LogP contribution in [-0.4, -0.2) is 29.2 Å². The van der Waals surface area contributed by atoms with Crippen molar-refractivity contribution < 1.29 is 14.3 Å². The number of likely N-dealkylation sites (tertiary alicyclic amines) is 1. The Hall–Kier alpha value is -2.27. The van der Waals surface area contributed by atoms with Crippen LogP contribution < -0.4 is 0 Å². The van der Waals surface area contributed by atoms with Crippen LogP contribution in [0, 0.1) is 5.92 Å². The third kappa shape index (κ3) is 5.10. The van der Waals surface area contributed by atoms with Crippen LogP contribution in [0.25, 0.3) is 0 Å². The molecule has 0 atom stereocenters. The van der Waals surface area contributed by atoms with Gasteiger partial charge in [-0.3, -0.25) is 4.79 Å². The molecule has 0 bridgehead atoms. The molecule has 0 unspecified atom stereocenters. The van der Waals surface area contributed by atoms with Gasteiger partial charge in [-0.2, -0.15) is 0 Å². The van der Waals surface area contributed by atoms with Gasteiger partial charge in [-0.1, -0.05) is 60.3 Å². The third-order valence-corrected chi connectivity index (χ3v) is 5.30. The van der Waals surface area contributed by atoms with E-state index in [4.69, 9.17) is 4.74 Å². The first-order valence-electron chi connectivity index (χ1n) is 8.45. The van der Waals surface area contributed by atoms with E-state index in [1.807, 2.05) is 60.7 Å². The van der Waals surface area contributed by atoms with Gasteiger partial charge in [0.25, 0.3) is 0 Å². The second-order valence-corrected chi connectivity index (χ2v) is 7.11. The fraction of sp³-hybridized carbons (Fsp3) is 0.300. The number of carbonyl (C=O) groups excluding carboxylic acids is 2. The smallest absolute Gasteiger partial charge is 0.410 e. The number of benzene rings is 2. The molecule has 1 fully saturated rings. The lowest BCUT2D eigenvalue weighted by Crippen LogP contribution is -2.40. The molecule has 25 heavy (non-hydrogen) atoms. The molecular weight excluding hydrogens is 334 g/mol. The van der Waals surface area contributed by atoms with Crippen molar-refractivity contribution in [2.45, 2.75) is 24.3 Å². The van der Waals surface area contributed by atoms with Gasteiger partial charge in [0.15, 0.2) is 5.12 Å². The molecule has 1 saturated heterocycles. The van der Waals surface area contributed by atoms with Crippen LogP contribution in [0.4, 0.5) is 4.79 Å². The minimum atomic E-state index is -0.300. The molecule has 0 spiro atoms. The standard InChI is InChI=1S/C20H21NO3S/c22-19(25-18-9-5-2-6-10-18)17-11-13-21(14-12-17)20(23)24-15-16-7-3-1-4-8-16/h1-10,17H,11-15H2. The number of amides is 1. The highest BCUT2D eigenvalue weighted by molar-refractivity contribution is 8.13. The number of carbonyl (C=O) groups is 2. The molecule has 1 aliphatic rings. The van der Waals surface area contributed by atoms with E-state index in [0.29, 0.717) is 25.9 Å². The van der Waals surface area contributed by atoms with Gasteiger partial charge in [0, 0.05) is 23.9 Å². The normalized spacial score (nSPS) is 15.0. The summed E-state index contributed by atoms with van der Waals surface area (Å²) in [5.74, 6) is 0.00313. The van der Waals surface area contributed by atoms with Gasteiger partial charge in [-0.25, -0.2) is 4.79 Å². The maximum atomic E-state index is 12.4. The summed E-state index contributed by atoms with van der Waals surface area (Å²) in [6.45, 7) is 1.42. The van der Waals surface area contributed by atoms with E-state index in [2.05, 4.69) is 0 Å². The minimum absolute atomic E-state index is 0.00313. The molecule has 0 aromatic heterocycles. The van der Waals surface area contributed by atoms with Crippen LogP contribution in [0.5, 0.6) is 0 Å². The summed E-state index contributed by atoms with van der Waals surface area (Å²) >= 11 is 1.29. The van der Waals surface area contributed by atoms with E-state index in [-0.39, 0.29) is 23.7 Å². The van der Waals surface area contributed by atoms with Crippen molar-refractivity contribution in [2.24, 2.45) is 5.92 Å². The van der Waals surface area contributed by atoms with Gasteiger partial charge in [0.2, 0.25) is 0 Å².